The highest BCUT2D eigenvalue weighted by Crippen LogP contribution is 2.35. The number of pyridine rings is 1. The van der Waals surface area contributed by atoms with Crippen LogP contribution in [0.2, 0.25) is 0 Å². The van der Waals surface area contributed by atoms with Crippen LogP contribution < -0.4 is 26.0 Å². The Morgan fingerprint density at radius 3 is 2.53 bits per heavy atom. The molecule has 14 nitrogen and oxygen atoms in total. The van der Waals surface area contributed by atoms with Gasteiger partial charge in [0.2, 0.25) is 0 Å². The minimum Gasteiger partial charge on any atom is -0.427 e. The zero-order valence-electron chi connectivity index (χ0n) is 33.6. The molecule has 306 valence electrons. The Balaban J connectivity index is 0.963. The second-order valence-electron chi connectivity index (χ2n) is 14.1. The summed E-state index contributed by atoms with van der Waals surface area (Å²) in [7, 11) is 0. The quantitative estimate of drug-likeness (QED) is 0.0355. The number of fused-ring (bicyclic) bond motifs is 1. The topological polar surface area (TPSA) is 188 Å². The van der Waals surface area contributed by atoms with Gasteiger partial charge in [0.1, 0.15) is 11.5 Å². The molecule has 15 heteroatoms. The largest absolute Gasteiger partial charge is 0.427 e. The van der Waals surface area contributed by atoms with Crippen molar-refractivity contribution in [1.29, 1.82) is 0 Å². The van der Waals surface area contributed by atoms with E-state index < -0.39 is 12.0 Å². The number of aromatic nitrogens is 3. The summed E-state index contributed by atoms with van der Waals surface area (Å²) in [5, 5.41) is 13.7. The number of carbonyl (C=O) groups is 5. The molecule has 0 saturated heterocycles. The predicted octanol–water partition coefficient (Wildman–Crippen LogP) is 6.92. The Bertz CT molecular complexity index is 2370. The number of anilines is 2. The molecule has 2 aromatic carbocycles. The second kappa shape index (κ2) is 19.8. The third-order valence-electron chi connectivity index (χ3n) is 9.99. The number of ether oxygens (including phenoxy) is 1. The third-order valence-corrected chi connectivity index (χ3v) is 10.7. The average Bonchev–Trinajstić information content (AvgIpc) is 3.90. The predicted molar refractivity (Wildman–Crippen MR) is 229 cm³/mol. The number of esters is 1. The van der Waals surface area contributed by atoms with Crippen LogP contribution >= 0.6 is 11.3 Å². The summed E-state index contributed by atoms with van der Waals surface area (Å²) >= 11 is 1.31. The molecule has 0 spiro atoms. The van der Waals surface area contributed by atoms with Gasteiger partial charge in [-0.1, -0.05) is 32.0 Å². The van der Waals surface area contributed by atoms with E-state index in [-0.39, 0.29) is 43.4 Å². The number of carbonyl (C=O) groups excluding carboxylic acids is 5. The molecular formula is C44H48N8O6S. The van der Waals surface area contributed by atoms with Crippen LogP contribution in [0.4, 0.5) is 15.6 Å². The van der Waals surface area contributed by atoms with Crippen LogP contribution in [0.3, 0.4) is 0 Å². The highest BCUT2D eigenvalue weighted by Gasteiger charge is 2.26. The summed E-state index contributed by atoms with van der Waals surface area (Å²) < 4.78 is 5.53. The maximum atomic E-state index is 13.1. The van der Waals surface area contributed by atoms with E-state index >= 15 is 0 Å². The van der Waals surface area contributed by atoms with Gasteiger partial charge >= 0.3 is 12.0 Å². The van der Waals surface area contributed by atoms with Crippen LogP contribution in [0.15, 0.2) is 72.4 Å². The fourth-order valence-corrected chi connectivity index (χ4v) is 7.52. The van der Waals surface area contributed by atoms with Crippen LogP contribution in [-0.2, 0) is 27.3 Å². The molecule has 0 fully saturated rings. The first-order valence-corrected chi connectivity index (χ1v) is 20.5. The molecule has 0 aliphatic carbocycles. The van der Waals surface area contributed by atoms with E-state index in [0.29, 0.717) is 57.6 Å². The van der Waals surface area contributed by atoms with Gasteiger partial charge in [-0.15, -0.1) is 11.3 Å². The van der Waals surface area contributed by atoms with E-state index in [1.54, 1.807) is 48.8 Å². The fraction of sp³-hybridized carbons (Fsp3) is 0.295. The van der Waals surface area contributed by atoms with E-state index in [2.05, 4.69) is 55.0 Å². The molecule has 4 heterocycles. The van der Waals surface area contributed by atoms with Crippen molar-refractivity contribution in [3.8, 4) is 17.0 Å². The number of nitrogens with zero attached hydrogens (tertiary/aromatic N) is 3. The number of ketones is 1. The molecule has 5 aromatic rings. The van der Waals surface area contributed by atoms with Gasteiger partial charge < -0.3 is 30.6 Å². The number of likely N-dealkylation sites (N-methyl/N-ethyl adjacent to an activating group) is 1. The molecule has 0 atom stereocenters. The first-order chi connectivity index (χ1) is 28.5. The van der Waals surface area contributed by atoms with Crippen molar-refractivity contribution in [2.75, 3.05) is 36.8 Å². The number of amides is 4. The van der Waals surface area contributed by atoms with Crippen LogP contribution in [0.5, 0.6) is 5.75 Å². The third kappa shape index (κ3) is 11.1. The van der Waals surface area contributed by atoms with Crippen LogP contribution in [0, 0.1) is 13.8 Å². The van der Waals surface area contributed by atoms with Gasteiger partial charge in [0, 0.05) is 84.9 Å². The van der Waals surface area contributed by atoms with Crippen molar-refractivity contribution in [3.63, 3.8) is 0 Å². The molecule has 3 aromatic heterocycles. The lowest BCUT2D eigenvalue weighted by atomic mass is 9.98. The van der Waals surface area contributed by atoms with Crippen molar-refractivity contribution < 1.29 is 28.7 Å². The average molecular weight is 817 g/mol. The van der Waals surface area contributed by atoms with Gasteiger partial charge in [-0.25, -0.2) is 9.78 Å². The smallest absolute Gasteiger partial charge is 0.321 e. The number of nitrogens with one attached hydrogen (secondary N) is 5. The van der Waals surface area contributed by atoms with E-state index in [9.17, 15) is 24.0 Å². The highest BCUT2D eigenvalue weighted by molar-refractivity contribution is 7.14. The minimum atomic E-state index is -0.471. The van der Waals surface area contributed by atoms with Gasteiger partial charge in [-0.3, -0.25) is 29.5 Å². The molecule has 0 unspecified atom stereocenters. The van der Waals surface area contributed by atoms with E-state index in [1.165, 1.54) is 11.3 Å². The Morgan fingerprint density at radius 2 is 1.75 bits per heavy atom. The van der Waals surface area contributed by atoms with Gasteiger partial charge in [-0.2, -0.15) is 0 Å². The second-order valence-corrected chi connectivity index (χ2v) is 15.0. The normalized spacial score (nSPS) is 12.6. The standard InChI is InChI=1S/C44H48N8O6S/c1-5-52(6-2)20-19-46-42(56)40-27(3)37(48-28(40)4)24-35-34-23-29(13-14-36(34)49-41(35)55)21-32(53)10-8-12-39(54)58-33-11-7-9-30(22-33)25-47-43(57)51-44-50-38(26-59-44)31-15-17-45-18-16-31/h7,9,11,13-18,22-24,26,48H,5-6,8,10,12,19-21,25H2,1-4H3,(H,46,56)(H,49,55)(H2,47,50,51,57)/b35-24-. The summed E-state index contributed by atoms with van der Waals surface area (Å²) in [5.41, 5.74) is 7.55. The van der Waals surface area contributed by atoms with E-state index in [4.69, 9.17) is 4.74 Å². The van der Waals surface area contributed by atoms with Crippen molar-refractivity contribution >= 4 is 63.4 Å². The van der Waals surface area contributed by atoms with Gasteiger partial charge in [0.25, 0.3) is 11.8 Å². The van der Waals surface area contributed by atoms with E-state index in [0.717, 1.165) is 47.6 Å². The maximum absolute atomic E-state index is 13.1. The number of thiazole rings is 1. The Morgan fingerprint density at radius 1 is 0.949 bits per heavy atom. The highest BCUT2D eigenvalue weighted by atomic mass is 32.1. The summed E-state index contributed by atoms with van der Waals surface area (Å²) in [5.74, 6) is -0.617. The molecule has 4 amide bonds. The van der Waals surface area contributed by atoms with Gasteiger partial charge in [-0.05, 0) is 92.5 Å². The number of aromatic amines is 1. The van der Waals surface area contributed by atoms with Crippen molar-refractivity contribution in [2.45, 2.75) is 59.9 Å². The van der Waals surface area contributed by atoms with Gasteiger partial charge in [0.05, 0.1) is 16.8 Å². The first kappa shape index (κ1) is 42.2. The lowest BCUT2D eigenvalue weighted by molar-refractivity contribution is -0.134. The van der Waals surface area contributed by atoms with Gasteiger partial charge in [0.15, 0.2) is 5.13 Å². The summed E-state index contributed by atoms with van der Waals surface area (Å²) in [4.78, 5) is 78.3. The summed E-state index contributed by atoms with van der Waals surface area (Å²) in [6, 6.07) is 15.6. The summed E-state index contributed by atoms with van der Waals surface area (Å²) in [6.07, 6.45) is 5.78. The number of aryl methyl sites for hydroxylation is 1. The molecule has 6 rings (SSSR count). The molecule has 5 N–H and O–H groups in total. The Kier molecular flexibility index (Phi) is 14.2. The Hall–Kier alpha value is -6.45. The number of Topliss-reactive ketones (excluding diaryl/α,β-unsaturated/α-hetero) is 1. The summed E-state index contributed by atoms with van der Waals surface area (Å²) in [6.45, 7) is 11.2. The number of benzene rings is 2. The maximum Gasteiger partial charge on any atom is 0.321 e. The van der Waals surface area contributed by atoms with E-state index in [1.807, 2.05) is 43.5 Å². The first-order valence-electron chi connectivity index (χ1n) is 19.6. The lowest BCUT2D eigenvalue weighted by Gasteiger charge is -2.18. The zero-order valence-corrected chi connectivity index (χ0v) is 34.4. The Labute approximate surface area is 346 Å². The van der Waals surface area contributed by atoms with Crippen LogP contribution in [-0.4, -0.2) is 75.6 Å². The number of H-pyrrole nitrogens is 1. The molecular weight excluding hydrogens is 769 g/mol. The molecule has 1 aliphatic rings. The molecule has 0 radical (unpaired) electrons. The lowest BCUT2D eigenvalue weighted by Crippen LogP contribution is -2.35. The molecule has 0 bridgehead atoms. The fourth-order valence-electron chi connectivity index (χ4n) is 6.81. The monoisotopic (exact) mass is 816 g/mol. The van der Waals surface area contributed by atoms with Crippen LogP contribution in [0.1, 0.15) is 77.1 Å². The SMILES string of the molecule is CCN(CC)CCNC(=O)c1c(C)[nH]c(/C=C2\C(=O)Nc3ccc(CC(=O)CCCC(=O)Oc4cccc(CNC(=O)Nc5nc(-c6ccncc6)cs5)c4)cc32)c1C. The molecule has 0 saturated carbocycles. The van der Waals surface area contributed by atoms with Crippen molar-refractivity contribution in [2.24, 2.45) is 0 Å². The zero-order chi connectivity index (χ0) is 41.9. The van der Waals surface area contributed by atoms with Crippen molar-refractivity contribution in [1.82, 2.24) is 30.5 Å². The molecule has 1 aliphatic heterocycles. The number of hydrogen-bond acceptors (Lipinski definition) is 10. The van der Waals surface area contributed by atoms with Crippen LogP contribution in [0.25, 0.3) is 22.9 Å². The number of urea groups is 1. The van der Waals surface area contributed by atoms with Crippen molar-refractivity contribution in [3.05, 3.63) is 112 Å². The molecule has 59 heavy (non-hydrogen) atoms. The number of hydrogen-bond donors (Lipinski definition) is 5. The number of rotatable bonds is 18. The minimum absolute atomic E-state index is 0.0479.